The fourth-order valence-electron chi connectivity index (χ4n) is 3.09. The summed E-state index contributed by atoms with van der Waals surface area (Å²) in [5.41, 5.74) is 0.00339. The molecule has 0 aromatic carbocycles. The van der Waals surface area contributed by atoms with Gasteiger partial charge in [-0.15, -0.1) is 0 Å². The Morgan fingerprint density at radius 3 is 2.62 bits per heavy atom. The first-order chi connectivity index (χ1) is 14.7. The molecule has 0 bridgehead atoms. The van der Waals surface area contributed by atoms with Crippen molar-refractivity contribution in [1.29, 1.82) is 0 Å². The molecule has 0 spiro atoms. The van der Waals surface area contributed by atoms with Gasteiger partial charge in [0.2, 0.25) is 5.88 Å². The molecule has 11 heteroatoms. The number of carbonyl (C=O) groups is 1. The van der Waals surface area contributed by atoms with Gasteiger partial charge in [0, 0.05) is 30.9 Å². The van der Waals surface area contributed by atoms with Crippen molar-refractivity contribution in [3.8, 4) is 0 Å². The number of amides is 1. The van der Waals surface area contributed by atoms with Crippen molar-refractivity contribution in [2.45, 2.75) is 95.5 Å². The predicted molar refractivity (Wildman–Crippen MR) is 115 cm³/mol. The molecule has 184 valence electrons. The van der Waals surface area contributed by atoms with E-state index in [9.17, 15) is 22.5 Å². The Morgan fingerprint density at radius 2 is 2.03 bits per heavy atom. The van der Waals surface area contributed by atoms with Crippen LogP contribution in [0.4, 0.5) is 19.1 Å². The summed E-state index contributed by atoms with van der Waals surface area (Å²) in [4.78, 5) is 12.6. The monoisotopic (exact) mass is 482 g/mol. The predicted octanol–water partition coefficient (Wildman–Crippen LogP) is 4.69. The molecule has 0 aliphatic carbocycles. The molecule has 1 saturated heterocycles. The SMILES string of the molecule is C[C@@H](OC1CCCCO1)C(C)(C)c1cc(NC(=O)C(C)(C)[S+]([O-])CCCC(F)(F)F)on1. The van der Waals surface area contributed by atoms with Crippen molar-refractivity contribution in [3.05, 3.63) is 11.8 Å². The lowest BCUT2D eigenvalue weighted by Crippen LogP contribution is -2.45. The molecule has 2 unspecified atom stereocenters. The smallest absolute Gasteiger partial charge is 0.389 e. The van der Waals surface area contributed by atoms with Crippen LogP contribution in [-0.4, -0.2) is 51.3 Å². The second-order valence-corrected chi connectivity index (χ2v) is 11.2. The fraction of sp³-hybridized carbons (Fsp3) is 0.810. The fourth-order valence-corrected chi connectivity index (χ4v) is 4.26. The number of rotatable bonds is 10. The molecule has 32 heavy (non-hydrogen) atoms. The number of ether oxygens (including phenoxy) is 2. The lowest BCUT2D eigenvalue weighted by molar-refractivity contribution is -0.196. The Balaban J connectivity index is 1.96. The van der Waals surface area contributed by atoms with Gasteiger partial charge >= 0.3 is 6.18 Å². The van der Waals surface area contributed by atoms with Crippen LogP contribution in [-0.2, 0) is 30.9 Å². The summed E-state index contributed by atoms with van der Waals surface area (Å²) in [6.07, 6.45) is -3.29. The standard InChI is InChI=1S/C21H33F3N2O5S/c1-14(30-17-9-6-7-11-29-17)19(2,3)15-13-16(31-26-15)25-18(27)20(4,5)32(28)12-8-10-21(22,23)24/h13-14,17H,6-12H2,1-5H3,(H,25,27)/t14-,17?,32?/m1/s1. The van der Waals surface area contributed by atoms with E-state index < -0.39 is 39.8 Å². The molecule has 2 rings (SSSR count). The van der Waals surface area contributed by atoms with Gasteiger partial charge in [-0.3, -0.25) is 10.1 Å². The van der Waals surface area contributed by atoms with Gasteiger partial charge in [0.1, 0.15) is 5.75 Å². The van der Waals surface area contributed by atoms with Crippen LogP contribution in [0.2, 0.25) is 0 Å². The summed E-state index contributed by atoms with van der Waals surface area (Å²) in [6.45, 7) is 9.30. The summed E-state index contributed by atoms with van der Waals surface area (Å²) in [5, 5.41) is 6.58. The van der Waals surface area contributed by atoms with E-state index in [2.05, 4.69) is 10.5 Å². The highest BCUT2D eigenvalue weighted by Crippen LogP contribution is 2.32. The number of hydrogen-bond donors (Lipinski definition) is 1. The molecule has 3 atom stereocenters. The molecular formula is C21H33F3N2O5S. The van der Waals surface area contributed by atoms with Gasteiger partial charge in [-0.25, -0.2) is 0 Å². The minimum Gasteiger partial charge on any atom is -0.616 e. The molecule has 1 N–H and O–H groups in total. The maximum Gasteiger partial charge on any atom is 0.389 e. The number of nitrogens with zero attached hydrogens (tertiary/aromatic N) is 1. The van der Waals surface area contributed by atoms with Crippen LogP contribution in [0.3, 0.4) is 0 Å². The van der Waals surface area contributed by atoms with Crippen LogP contribution >= 0.6 is 0 Å². The molecule has 0 radical (unpaired) electrons. The Kier molecular flexibility index (Phi) is 9.05. The molecule has 1 fully saturated rings. The minimum atomic E-state index is -4.32. The molecule has 7 nitrogen and oxygen atoms in total. The molecule has 1 amide bonds. The van der Waals surface area contributed by atoms with Gasteiger partial charge in [0.15, 0.2) is 11.0 Å². The number of aromatic nitrogens is 1. The Hall–Kier alpha value is -1.30. The highest BCUT2D eigenvalue weighted by molar-refractivity contribution is 7.93. The number of alkyl halides is 3. The summed E-state index contributed by atoms with van der Waals surface area (Å²) < 4.78 is 64.9. The molecule has 2 heterocycles. The van der Waals surface area contributed by atoms with Crippen molar-refractivity contribution < 1.29 is 36.5 Å². The highest BCUT2D eigenvalue weighted by Gasteiger charge is 2.41. The third-order valence-corrected chi connectivity index (χ3v) is 7.81. The number of carbonyl (C=O) groups excluding carboxylic acids is 1. The summed E-state index contributed by atoms with van der Waals surface area (Å²) in [5.74, 6) is -0.782. The first kappa shape index (κ1) is 26.9. The van der Waals surface area contributed by atoms with Crippen LogP contribution in [0.15, 0.2) is 10.6 Å². The lowest BCUT2D eigenvalue weighted by Gasteiger charge is -2.34. The van der Waals surface area contributed by atoms with Crippen molar-refractivity contribution in [2.24, 2.45) is 0 Å². The third kappa shape index (κ3) is 7.36. The first-order valence-electron chi connectivity index (χ1n) is 10.7. The van der Waals surface area contributed by atoms with E-state index in [-0.39, 0.29) is 30.5 Å². The molecule has 1 aromatic heterocycles. The van der Waals surface area contributed by atoms with Gasteiger partial charge in [-0.05, 0) is 51.2 Å². The maximum absolute atomic E-state index is 12.6. The number of nitrogens with one attached hydrogen (secondary N) is 1. The van der Waals surface area contributed by atoms with E-state index in [1.807, 2.05) is 20.8 Å². The Bertz CT molecular complexity index is 748. The van der Waals surface area contributed by atoms with Gasteiger partial charge in [0.25, 0.3) is 5.91 Å². The average molecular weight is 483 g/mol. The topological polar surface area (TPSA) is 96.7 Å². The lowest BCUT2D eigenvalue weighted by atomic mass is 9.84. The van der Waals surface area contributed by atoms with E-state index in [0.717, 1.165) is 19.3 Å². The molecule has 1 aromatic rings. The number of anilines is 1. The second kappa shape index (κ2) is 10.8. The summed E-state index contributed by atoms with van der Waals surface area (Å²) in [7, 11) is 0. The average Bonchev–Trinajstić information content (AvgIpc) is 3.17. The van der Waals surface area contributed by atoms with E-state index >= 15 is 0 Å². The molecule has 1 aliphatic heterocycles. The van der Waals surface area contributed by atoms with Crippen LogP contribution in [0.25, 0.3) is 0 Å². The summed E-state index contributed by atoms with van der Waals surface area (Å²) in [6, 6.07) is 1.57. The number of halogens is 3. The molecule has 1 aliphatic rings. The zero-order valence-electron chi connectivity index (χ0n) is 19.2. The number of hydrogen-bond acceptors (Lipinski definition) is 6. The van der Waals surface area contributed by atoms with Crippen molar-refractivity contribution >= 4 is 23.0 Å². The summed E-state index contributed by atoms with van der Waals surface area (Å²) >= 11 is -1.80. The van der Waals surface area contributed by atoms with Gasteiger partial charge in [-0.2, -0.15) is 13.2 Å². The van der Waals surface area contributed by atoms with E-state index in [1.165, 1.54) is 13.8 Å². The van der Waals surface area contributed by atoms with E-state index in [0.29, 0.717) is 12.3 Å². The zero-order chi connectivity index (χ0) is 24.2. The van der Waals surface area contributed by atoms with Crippen LogP contribution in [0, 0.1) is 0 Å². The van der Waals surface area contributed by atoms with Crippen molar-refractivity contribution in [2.75, 3.05) is 17.7 Å². The van der Waals surface area contributed by atoms with Crippen LogP contribution in [0.5, 0.6) is 0 Å². The molecular weight excluding hydrogens is 449 g/mol. The quantitative estimate of drug-likeness (QED) is 0.486. The van der Waals surface area contributed by atoms with E-state index in [1.54, 1.807) is 6.07 Å². The third-order valence-electron chi connectivity index (χ3n) is 5.82. The first-order valence-corrected chi connectivity index (χ1v) is 12.1. The van der Waals surface area contributed by atoms with Gasteiger partial charge in [-0.1, -0.05) is 19.0 Å². The van der Waals surface area contributed by atoms with Crippen molar-refractivity contribution in [1.82, 2.24) is 5.16 Å². The van der Waals surface area contributed by atoms with Gasteiger partial charge < -0.3 is 18.5 Å². The normalized spacial score (nSPS) is 20.1. The Labute approximate surface area is 189 Å². The zero-order valence-corrected chi connectivity index (χ0v) is 20.0. The van der Waals surface area contributed by atoms with Crippen LogP contribution in [0.1, 0.15) is 72.4 Å². The second-order valence-electron chi connectivity index (χ2n) is 9.11. The van der Waals surface area contributed by atoms with Crippen molar-refractivity contribution in [3.63, 3.8) is 0 Å². The van der Waals surface area contributed by atoms with Gasteiger partial charge in [0.05, 0.1) is 11.8 Å². The molecule has 0 saturated carbocycles. The van der Waals surface area contributed by atoms with E-state index in [4.69, 9.17) is 14.0 Å². The van der Waals surface area contributed by atoms with Crippen LogP contribution < -0.4 is 5.32 Å². The minimum absolute atomic E-state index is 0.0690. The maximum atomic E-state index is 12.6. The largest absolute Gasteiger partial charge is 0.616 e. The Morgan fingerprint density at radius 1 is 1.34 bits per heavy atom. The highest BCUT2D eigenvalue weighted by atomic mass is 32.2.